The molecule has 1 aliphatic carbocycles. The fraction of sp³-hybridized carbons (Fsp3) is 0.500. The second-order valence-electron chi connectivity index (χ2n) is 4.11. The van der Waals surface area contributed by atoms with E-state index in [2.05, 4.69) is 0 Å². The first kappa shape index (κ1) is 10.4. The molecule has 1 aliphatic rings. The lowest BCUT2D eigenvalue weighted by molar-refractivity contribution is 0.0149. The first-order chi connectivity index (χ1) is 7.24. The Labute approximate surface area is 88.7 Å². The Morgan fingerprint density at radius 2 is 2.07 bits per heavy atom. The second-order valence-corrected chi connectivity index (χ2v) is 4.11. The van der Waals surface area contributed by atoms with Gasteiger partial charge < -0.3 is 9.84 Å². The summed E-state index contributed by atoms with van der Waals surface area (Å²) in [6.45, 7) is 0.00349. The van der Waals surface area contributed by atoms with Crippen molar-refractivity contribution in [3.8, 4) is 5.75 Å². The molecule has 1 aromatic carbocycles. The van der Waals surface area contributed by atoms with Gasteiger partial charge in [0.15, 0.2) is 0 Å². The minimum Gasteiger partial charge on any atom is -0.485 e. The fourth-order valence-corrected chi connectivity index (χ4v) is 2.09. The number of hydrogen-bond donors (Lipinski definition) is 1. The molecule has 0 radical (unpaired) electrons. The van der Waals surface area contributed by atoms with E-state index < -0.39 is 5.60 Å². The van der Waals surface area contributed by atoms with Crippen molar-refractivity contribution in [2.45, 2.75) is 31.3 Å². The van der Waals surface area contributed by atoms with Crippen molar-refractivity contribution in [3.63, 3.8) is 0 Å². The predicted molar refractivity (Wildman–Crippen MR) is 55.3 cm³/mol. The summed E-state index contributed by atoms with van der Waals surface area (Å²) in [5, 5.41) is 9.33. The van der Waals surface area contributed by atoms with E-state index in [1.165, 1.54) is 12.1 Å². The average molecular weight is 210 g/mol. The van der Waals surface area contributed by atoms with Crippen LogP contribution in [0.2, 0.25) is 0 Å². The van der Waals surface area contributed by atoms with Gasteiger partial charge in [0.05, 0.1) is 6.61 Å². The van der Waals surface area contributed by atoms with Crippen molar-refractivity contribution in [1.82, 2.24) is 0 Å². The maximum absolute atomic E-state index is 12.9. The number of aliphatic hydroxyl groups is 1. The molecule has 3 heteroatoms. The zero-order valence-corrected chi connectivity index (χ0v) is 8.58. The molecule has 1 saturated carbocycles. The van der Waals surface area contributed by atoms with Crippen molar-refractivity contribution in [3.05, 3.63) is 30.1 Å². The van der Waals surface area contributed by atoms with Crippen molar-refractivity contribution in [1.29, 1.82) is 0 Å². The number of hydrogen-bond acceptors (Lipinski definition) is 2. The van der Waals surface area contributed by atoms with Gasteiger partial charge in [-0.25, -0.2) is 4.39 Å². The lowest BCUT2D eigenvalue weighted by atomic mass is 10.0. The first-order valence-corrected chi connectivity index (χ1v) is 5.30. The molecule has 0 aliphatic heterocycles. The Bertz CT molecular complexity index is 332. The molecule has 0 unspecified atom stereocenters. The van der Waals surface area contributed by atoms with Crippen LogP contribution in [0.4, 0.5) is 4.39 Å². The van der Waals surface area contributed by atoms with Gasteiger partial charge in [-0.1, -0.05) is 6.07 Å². The lowest BCUT2D eigenvalue weighted by Gasteiger charge is -2.28. The Hall–Kier alpha value is -1.09. The molecule has 0 amide bonds. The lowest BCUT2D eigenvalue weighted by Crippen LogP contribution is -2.36. The molecule has 0 spiro atoms. The minimum atomic E-state index is -0.478. The Kier molecular flexibility index (Phi) is 2.91. The Morgan fingerprint density at radius 1 is 1.33 bits per heavy atom. The second kappa shape index (κ2) is 4.19. The number of halogens is 1. The molecule has 82 valence electrons. The first-order valence-electron chi connectivity index (χ1n) is 5.30. The zero-order valence-electron chi connectivity index (χ0n) is 8.58. The highest BCUT2D eigenvalue weighted by Crippen LogP contribution is 2.34. The molecule has 1 N–H and O–H groups in total. The summed E-state index contributed by atoms with van der Waals surface area (Å²) in [4.78, 5) is 0. The quantitative estimate of drug-likeness (QED) is 0.830. The number of rotatable bonds is 3. The van der Waals surface area contributed by atoms with Gasteiger partial charge in [0, 0.05) is 6.07 Å². The van der Waals surface area contributed by atoms with Crippen LogP contribution in [0, 0.1) is 5.82 Å². The summed E-state index contributed by atoms with van der Waals surface area (Å²) >= 11 is 0. The molecule has 0 atom stereocenters. The van der Waals surface area contributed by atoms with Gasteiger partial charge in [-0.05, 0) is 37.8 Å². The Morgan fingerprint density at radius 3 is 2.67 bits per heavy atom. The van der Waals surface area contributed by atoms with Gasteiger partial charge in [-0.15, -0.1) is 0 Å². The molecule has 1 fully saturated rings. The van der Waals surface area contributed by atoms with E-state index in [4.69, 9.17) is 4.74 Å². The van der Waals surface area contributed by atoms with Crippen LogP contribution in [0.1, 0.15) is 25.7 Å². The summed E-state index contributed by atoms with van der Waals surface area (Å²) in [6.07, 6.45) is 3.83. The molecule has 2 nitrogen and oxygen atoms in total. The summed E-state index contributed by atoms with van der Waals surface area (Å²) < 4.78 is 18.6. The third-order valence-electron chi connectivity index (χ3n) is 2.93. The zero-order chi connectivity index (χ0) is 10.7. The van der Waals surface area contributed by atoms with Crippen LogP contribution in [0.5, 0.6) is 5.75 Å². The molecule has 1 aromatic rings. The van der Waals surface area contributed by atoms with Crippen LogP contribution in [-0.4, -0.2) is 17.3 Å². The standard InChI is InChI=1S/C12H15FO2/c13-10-4-3-5-11(8-10)15-12(9-14)6-1-2-7-12/h3-5,8,14H,1-2,6-7,9H2. The predicted octanol–water partition coefficient (Wildman–Crippen LogP) is 2.51. The van der Waals surface area contributed by atoms with E-state index in [-0.39, 0.29) is 12.4 Å². The van der Waals surface area contributed by atoms with Crippen LogP contribution < -0.4 is 4.74 Å². The maximum atomic E-state index is 12.9. The summed E-state index contributed by atoms with van der Waals surface area (Å²) in [6, 6.07) is 6.08. The van der Waals surface area contributed by atoms with E-state index in [0.717, 1.165) is 25.7 Å². The van der Waals surface area contributed by atoms with E-state index in [9.17, 15) is 9.50 Å². The Balaban J connectivity index is 2.12. The van der Waals surface area contributed by atoms with Gasteiger partial charge in [0.1, 0.15) is 17.2 Å². The molecule has 0 bridgehead atoms. The third-order valence-corrected chi connectivity index (χ3v) is 2.93. The smallest absolute Gasteiger partial charge is 0.132 e. The van der Waals surface area contributed by atoms with E-state index in [1.54, 1.807) is 12.1 Å². The van der Waals surface area contributed by atoms with Crippen molar-refractivity contribution < 1.29 is 14.2 Å². The topological polar surface area (TPSA) is 29.5 Å². The highest BCUT2D eigenvalue weighted by Gasteiger charge is 2.35. The number of benzene rings is 1. The van der Waals surface area contributed by atoms with Crippen molar-refractivity contribution in [2.24, 2.45) is 0 Å². The van der Waals surface area contributed by atoms with Gasteiger partial charge in [-0.2, -0.15) is 0 Å². The van der Waals surface area contributed by atoms with Crippen LogP contribution in [0.25, 0.3) is 0 Å². The number of ether oxygens (including phenoxy) is 1. The summed E-state index contributed by atoms with van der Waals surface area (Å²) in [5.74, 6) is 0.199. The minimum absolute atomic E-state index is 0.00349. The average Bonchev–Trinajstić information content (AvgIpc) is 2.67. The fourth-order valence-electron chi connectivity index (χ4n) is 2.09. The summed E-state index contributed by atoms with van der Waals surface area (Å²) in [5.41, 5.74) is -0.478. The van der Waals surface area contributed by atoms with E-state index in [0.29, 0.717) is 5.75 Å². The molecule has 0 saturated heterocycles. The monoisotopic (exact) mass is 210 g/mol. The highest BCUT2D eigenvalue weighted by molar-refractivity contribution is 5.23. The number of aliphatic hydroxyl groups excluding tert-OH is 1. The van der Waals surface area contributed by atoms with Crippen LogP contribution >= 0.6 is 0 Å². The van der Waals surface area contributed by atoms with E-state index >= 15 is 0 Å². The molecule has 2 rings (SSSR count). The molecule has 0 aromatic heterocycles. The van der Waals surface area contributed by atoms with Crippen LogP contribution in [0.15, 0.2) is 24.3 Å². The van der Waals surface area contributed by atoms with Gasteiger partial charge in [0.2, 0.25) is 0 Å². The third kappa shape index (κ3) is 2.29. The van der Waals surface area contributed by atoms with Crippen molar-refractivity contribution in [2.75, 3.05) is 6.61 Å². The highest BCUT2D eigenvalue weighted by atomic mass is 19.1. The normalized spacial score (nSPS) is 19.1. The van der Waals surface area contributed by atoms with Crippen molar-refractivity contribution >= 4 is 0 Å². The maximum Gasteiger partial charge on any atom is 0.132 e. The van der Waals surface area contributed by atoms with E-state index in [1.807, 2.05) is 0 Å². The SMILES string of the molecule is OCC1(Oc2cccc(F)c2)CCCC1. The molecule has 0 heterocycles. The van der Waals surface area contributed by atoms with Crippen LogP contribution in [0.3, 0.4) is 0 Å². The molecule has 15 heavy (non-hydrogen) atoms. The largest absolute Gasteiger partial charge is 0.485 e. The van der Waals surface area contributed by atoms with Gasteiger partial charge in [0.25, 0.3) is 0 Å². The van der Waals surface area contributed by atoms with Gasteiger partial charge in [-0.3, -0.25) is 0 Å². The molecular formula is C12H15FO2. The summed E-state index contributed by atoms with van der Waals surface area (Å²) in [7, 11) is 0. The van der Waals surface area contributed by atoms with Crippen LogP contribution in [-0.2, 0) is 0 Å². The molecular weight excluding hydrogens is 195 g/mol. The van der Waals surface area contributed by atoms with Gasteiger partial charge >= 0.3 is 0 Å².